The minimum atomic E-state index is -1.11. The van der Waals surface area contributed by atoms with E-state index in [0.717, 1.165) is 0 Å². The van der Waals surface area contributed by atoms with Gasteiger partial charge in [-0.25, -0.2) is 0 Å². The Balaban J connectivity index is 4.42. The van der Waals surface area contributed by atoms with E-state index in [4.69, 9.17) is 9.47 Å². The summed E-state index contributed by atoms with van der Waals surface area (Å²) in [5, 5.41) is 9.78. The van der Waals surface area contributed by atoms with Crippen LogP contribution in [0, 0.1) is 5.92 Å². The number of ether oxygens (including phenoxy) is 2. The fourth-order valence-electron chi connectivity index (χ4n) is 1.37. The molecule has 0 unspecified atom stereocenters. The highest BCUT2D eigenvalue weighted by Crippen LogP contribution is 2.15. The topological polar surface area (TPSA) is 72.8 Å². The van der Waals surface area contributed by atoms with Crippen molar-refractivity contribution in [1.82, 2.24) is 0 Å². The lowest BCUT2D eigenvalue weighted by molar-refractivity contribution is -0.154. The molecular formula is C12H20O5. The zero-order chi connectivity index (χ0) is 13.3. The van der Waals surface area contributed by atoms with E-state index in [-0.39, 0.29) is 26.1 Å². The number of hydrogen-bond acceptors (Lipinski definition) is 5. The first kappa shape index (κ1) is 15.6. The van der Waals surface area contributed by atoms with E-state index in [0.29, 0.717) is 0 Å². The number of aliphatic hydroxyl groups excluding tert-OH is 1. The van der Waals surface area contributed by atoms with Crippen LogP contribution in [0.1, 0.15) is 26.7 Å². The summed E-state index contributed by atoms with van der Waals surface area (Å²) in [6, 6.07) is 0. The number of aliphatic hydroxyl groups is 1. The third-order valence-electron chi connectivity index (χ3n) is 2.16. The van der Waals surface area contributed by atoms with Crippen LogP contribution < -0.4 is 0 Å². The van der Waals surface area contributed by atoms with Crippen molar-refractivity contribution in [3.05, 3.63) is 12.7 Å². The zero-order valence-corrected chi connectivity index (χ0v) is 10.3. The summed E-state index contributed by atoms with van der Waals surface area (Å²) in [7, 11) is 0. The first-order valence-electron chi connectivity index (χ1n) is 5.67. The number of hydrogen-bond donors (Lipinski definition) is 1. The number of carbonyl (C=O) groups is 2. The molecule has 0 aromatic rings. The average molecular weight is 244 g/mol. The maximum atomic E-state index is 11.5. The maximum absolute atomic E-state index is 11.5. The summed E-state index contributed by atoms with van der Waals surface area (Å²) in [5.74, 6) is -1.82. The molecule has 0 aliphatic rings. The predicted octanol–water partition coefficient (Wildman–Crippen LogP) is 1.06. The minimum Gasteiger partial charge on any atom is -0.466 e. The number of esters is 2. The van der Waals surface area contributed by atoms with Gasteiger partial charge in [0, 0.05) is 0 Å². The molecule has 0 aromatic carbocycles. The molecule has 1 N–H and O–H groups in total. The Morgan fingerprint density at radius 3 is 2.35 bits per heavy atom. The highest BCUT2D eigenvalue weighted by atomic mass is 16.5. The van der Waals surface area contributed by atoms with Gasteiger partial charge in [-0.2, -0.15) is 0 Å². The second kappa shape index (κ2) is 8.75. The van der Waals surface area contributed by atoms with Gasteiger partial charge in [0.15, 0.2) is 0 Å². The molecule has 0 radical (unpaired) electrons. The van der Waals surface area contributed by atoms with Crippen LogP contribution in [0.25, 0.3) is 0 Å². The Kier molecular flexibility index (Phi) is 8.05. The molecule has 0 aliphatic carbocycles. The Bertz CT molecular complexity index is 262. The molecule has 0 aliphatic heterocycles. The van der Waals surface area contributed by atoms with E-state index in [1.165, 1.54) is 6.08 Å². The van der Waals surface area contributed by atoms with E-state index < -0.39 is 24.0 Å². The molecular weight excluding hydrogens is 224 g/mol. The van der Waals surface area contributed by atoms with Gasteiger partial charge in [-0.3, -0.25) is 9.59 Å². The van der Waals surface area contributed by atoms with E-state index in [2.05, 4.69) is 6.58 Å². The van der Waals surface area contributed by atoms with Crippen LogP contribution in [0.3, 0.4) is 0 Å². The van der Waals surface area contributed by atoms with Crippen LogP contribution in [0.2, 0.25) is 0 Å². The summed E-state index contributed by atoms with van der Waals surface area (Å²) in [4.78, 5) is 22.7. The van der Waals surface area contributed by atoms with Gasteiger partial charge in [0.2, 0.25) is 0 Å². The van der Waals surface area contributed by atoms with E-state index in [1.54, 1.807) is 13.8 Å². The first-order valence-corrected chi connectivity index (χ1v) is 5.67. The standard InChI is InChI=1S/C12H20O5/c1-4-7-9(12(15)17-6-3)10(13)8-11(14)16-5-2/h4,9-10,13H,1,5-8H2,2-3H3/t9-,10+/m0/s1. The van der Waals surface area contributed by atoms with Gasteiger partial charge in [0.05, 0.1) is 31.7 Å². The molecule has 0 saturated carbocycles. The summed E-state index contributed by atoms with van der Waals surface area (Å²) in [6.07, 6.45) is 0.451. The lowest BCUT2D eigenvalue weighted by atomic mass is 9.96. The fourth-order valence-corrected chi connectivity index (χ4v) is 1.37. The monoisotopic (exact) mass is 244 g/mol. The third-order valence-corrected chi connectivity index (χ3v) is 2.16. The highest BCUT2D eigenvalue weighted by molar-refractivity contribution is 5.76. The summed E-state index contributed by atoms with van der Waals surface area (Å²) in [5.41, 5.74) is 0. The molecule has 0 aromatic heterocycles. The van der Waals surface area contributed by atoms with Crippen molar-refractivity contribution >= 4 is 11.9 Å². The van der Waals surface area contributed by atoms with Crippen molar-refractivity contribution in [3.8, 4) is 0 Å². The normalized spacial score (nSPS) is 13.6. The summed E-state index contributed by atoms with van der Waals surface area (Å²) < 4.78 is 9.52. The van der Waals surface area contributed by atoms with Gasteiger partial charge < -0.3 is 14.6 Å². The predicted molar refractivity (Wildman–Crippen MR) is 62.2 cm³/mol. The third kappa shape index (κ3) is 6.06. The van der Waals surface area contributed by atoms with Gasteiger partial charge in [-0.1, -0.05) is 6.08 Å². The van der Waals surface area contributed by atoms with Crippen molar-refractivity contribution in [3.63, 3.8) is 0 Å². The average Bonchev–Trinajstić information content (AvgIpc) is 2.26. The molecule has 5 nitrogen and oxygen atoms in total. The molecule has 0 heterocycles. The second-order valence-corrected chi connectivity index (χ2v) is 3.46. The zero-order valence-electron chi connectivity index (χ0n) is 10.3. The molecule has 0 spiro atoms. The van der Waals surface area contributed by atoms with Crippen LogP contribution in [0.15, 0.2) is 12.7 Å². The van der Waals surface area contributed by atoms with E-state index >= 15 is 0 Å². The molecule has 0 rings (SSSR count). The Morgan fingerprint density at radius 1 is 1.29 bits per heavy atom. The Hall–Kier alpha value is -1.36. The van der Waals surface area contributed by atoms with Gasteiger partial charge in [0.25, 0.3) is 0 Å². The van der Waals surface area contributed by atoms with Gasteiger partial charge in [0.1, 0.15) is 0 Å². The maximum Gasteiger partial charge on any atom is 0.311 e. The van der Waals surface area contributed by atoms with Gasteiger partial charge in [-0.05, 0) is 20.3 Å². The van der Waals surface area contributed by atoms with Crippen LogP contribution >= 0.6 is 0 Å². The van der Waals surface area contributed by atoms with Gasteiger partial charge in [-0.15, -0.1) is 6.58 Å². The van der Waals surface area contributed by atoms with Crippen molar-refractivity contribution in [2.24, 2.45) is 5.92 Å². The molecule has 0 bridgehead atoms. The molecule has 0 amide bonds. The first-order chi connectivity index (χ1) is 8.06. The molecule has 2 atom stereocenters. The largest absolute Gasteiger partial charge is 0.466 e. The van der Waals surface area contributed by atoms with Crippen molar-refractivity contribution in [2.75, 3.05) is 13.2 Å². The van der Waals surface area contributed by atoms with E-state index in [1.807, 2.05) is 0 Å². The molecule has 0 fully saturated rings. The van der Waals surface area contributed by atoms with Crippen LogP contribution in [0.4, 0.5) is 0 Å². The highest BCUT2D eigenvalue weighted by Gasteiger charge is 2.29. The number of rotatable bonds is 8. The number of allylic oxidation sites excluding steroid dienone is 1. The minimum absolute atomic E-state index is 0.217. The van der Waals surface area contributed by atoms with Crippen molar-refractivity contribution in [2.45, 2.75) is 32.8 Å². The quantitative estimate of drug-likeness (QED) is 0.510. The molecule has 98 valence electrons. The van der Waals surface area contributed by atoms with Crippen LogP contribution in [-0.2, 0) is 19.1 Å². The SMILES string of the molecule is C=CC[C@H](C(=O)OCC)[C@H](O)CC(=O)OCC. The summed E-state index contributed by atoms with van der Waals surface area (Å²) >= 11 is 0. The number of carbonyl (C=O) groups excluding carboxylic acids is 2. The van der Waals surface area contributed by atoms with Crippen molar-refractivity contribution in [1.29, 1.82) is 0 Å². The summed E-state index contributed by atoms with van der Waals surface area (Å²) in [6.45, 7) is 7.35. The van der Waals surface area contributed by atoms with Gasteiger partial charge >= 0.3 is 11.9 Å². The Morgan fingerprint density at radius 2 is 1.88 bits per heavy atom. The van der Waals surface area contributed by atoms with Crippen molar-refractivity contribution < 1.29 is 24.2 Å². The lowest BCUT2D eigenvalue weighted by Crippen LogP contribution is -2.32. The van der Waals surface area contributed by atoms with Crippen LogP contribution in [0.5, 0.6) is 0 Å². The smallest absolute Gasteiger partial charge is 0.311 e. The molecule has 5 heteroatoms. The second-order valence-electron chi connectivity index (χ2n) is 3.46. The Labute approximate surface area is 101 Å². The van der Waals surface area contributed by atoms with E-state index in [9.17, 15) is 14.7 Å². The fraction of sp³-hybridized carbons (Fsp3) is 0.667. The molecule has 0 saturated heterocycles. The van der Waals surface area contributed by atoms with Crippen LogP contribution in [-0.4, -0.2) is 36.4 Å². The lowest BCUT2D eigenvalue weighted by Gasteiger charge is -2.19. The molecule has 17 heavy (non-hydrogen) atoms.